The molecule has 4 heterocycles. The number of likely N-dealkylation sites (tertiary alicyclic amines) is 1. The number of hydrogen-bond donors (Lipinski definition) is 0. The molecule has 7 heteroatoms. The molecular formula is C25H27FN4OS. The number of fused-ring (bicyclic) bond motifs is 1. The summed E-state index contributed by atoms with van der Waals surface area (Å²) in [5, 5.41) is 0.797. The zero-order valence-electron chi connectivity index (χ0n) is 18.4. The zero-order valence-corrected chi connectivity index (χ0v) is 19.2. The highest BCUT2D eigenvalue weighted by molar-refractivity contribution is 8.14. The van der Waals surface area contributed by atoms with E-state index in [9.17, 15) is 9.18 Å². The topological polar surface area (TPSA) is 50.0 Å². The minimum absolute atomic E-state index is 0.0771. The second kappa shape index (κ2) is 8.70. The van der Waals surface area contributed by atoms with Crippen LogP contribution in [0.2, 0.25) is 0 Å². The normalized spacial score (nSPS) is 23.5. The lowest BCUT2D eigenvalue weighted by atomic mass is 9.96. The molecule has 0 radical (unpaired) electrons. The molecule has 0 saturated carbocycles. The molecule has 0 N–H and O–H groups in total. The summed E-state index contributed by atoms with van der Waals surface area (Å²) in [6, 6.07) is 10.2. The second-order valence-electron chi connectivity index (χ2n) is 8.72. The number of thioether (sulfide) groups is 1. The monoisotopic (exact) mass is 450 g/mol. The van der Waals surface area contributed by atoms with Crippen LogP contribution in [0.15, 0.2) is 53.8 Å². The van der Waals surface area contributed by atoms with Crippen LogP contribution >= 0.6 is 11.8 Å². The van der Waals surface area contributed by atoms with Crippen molar-refractivity contribution in [2.75, 3.05) is 6.54 Å². The largest absolute Gasteiger partial charge is 0.337 e. The van der Waals surface area contributed by atoms with Crippen LogP contribution in [-0.2, 0) is 11.2 Å². The second-order valence-corrected chi connectivity index (χ2v) is 10.1. The predicted octanol–water partition coefficient (Wildman–Crippen LogP) is 4.98. The fourth-order valence-corrected chi connectivity index (χ4v) is 5.99. The number of halogens is 1. The number of aromatic nitrogens is 2. The molecule has 1 amide bonds. The van der Waals surface area contributed by atoms with Gasteiger partial charge in [-0.3, -0.25) is 9.79 Å². The summed E-state index contributed by atoms with van der Waals surface area (Å²) in [4.78, 5) is 25.3. The smallest absolute Gasteiger partial charge is 0.249 e. The number of carbonyl (C=O) groups excluding carboxylic acids is 1. The summed E-state index contributed by atoms with van der Waals surface area (Å²) in [6.07, 6.45) is 7.94. The van der Waals surface area contributed by atoms with Gasteiger partial charge in [-0.05, 0) is 62.4 Å². The van der Waals surface area contributed by atoms with Crippen LogP contribution in [0.25, 0.3) is 5.65 Å². The number of benzene rings is 1. The molecule has 0 bridgehead atoms. The van der Waals surface area contributed by atoms with Crippen molar-refractivity contribution in [3.63, 3.8) is 0 Å². The maximum atomic E-state index is 13.7. The minimum Gasteiger partial charge on any atom is -0.337 e. The van der Waals surface area contributed by atoms with Crippen molar-refractivity contribution in [2.24, 2.45) is 4.99 Å². The van der Waals surface area contributed by atoms with E-state index in [0.717, 1.165) is 59.7 Å². The maximum absolute atomic E-state index is 13.7. The molecule has 2 unspecified atom stereocenters. The number of piperidine rings is 1. The Morgan fingerprint density at radius 2 is 2.00 bits per heavy atom. The van der Waals surface area contributed by atoms with Gasteiger partial charge in [0, 0.05) is 31.4 Å². The van der Waals surface area contributed by atoms with Crippen molar-refractivity contribution in [1.29, 1.82) is 0 Å². The van der Waals surface area contributed by atoms with Gasteiger partial charge in [-0.25, -0.2) is 9.37 Å². The van der Waals surface area contributed by atoms with Gasteiger partial charge in [0.05, 0.1) is 16.0 Å². The first-order valence-corrected chi connectivity index (χ1v) is 12.1. The Bertz CT molecular complexity index is 1170. The van der Waals surface area contributed by atoms with Crippen LogP contribution in [-0.4, -0.2) is 43.9 Å². The Balaban J connectivity index is 1.39. The average Bonchev–Trinajstić information content (AvgIpc) is 3.38. The first kappa shape index (κ1) is 21.2. The van der Waals surface area contributed by atoms with Crippen LogP contribution < -0.4 is 0 Å². The van der Waals surface area contributed by atoms with E-state index in [1.54, 1.807) is 23.9 Å². The van der Waals surface area contributed by atoms with E-state index in [1.807, 2.05) is 24.1 Å². The van der Waals surface area contributed by atoms with Crippen LogP contribution in [0.5, 0.6) is 0 Å². The van der Waals surface area contributed by atoms with Gasteiger partial charge in [0.15, 0.2) is 0 Å². The van der Waals surface area contributed by atoms with Crippen molar-refractivity contribution in [3.05, 3.63) is 71.4 Å². The van der Waals surface area contributed by atoms with Crippen molar-refractivity contribution in [1.82, 2.24) is 14.3 Å². The lowest BCUT2D eigenvalue weighted by Gasteiger charge is -2.37. The van der Waals surface area contributed by atoms with E-state index >= 15 is 0 Å². The highest BCUT2D eigenvalue weighted by Gasteiger charge is 2.40. The summed E-state index contributed by atoms with van der Waals surface area (Å²) in [5.74, 6) is -0.190. The van der Waals surface area contributed by atoms with Gasteiger partial charge in [-0.2, -0.15) is 0 Å². The van der Waals surface area contributed by atoms with Gasteiger partial charge in [0.2, 0.25) is 5.91 Å². The third-order valence-corrected chi connectivity index (χ3v) is 7.67. The third kappa shape index (κ3) is 4.06. The molecule has 2 aromatic heterocycles. The Morgan fingerprint density at radius 3 is 2.78 bits per heavy atom. The highest BCUT2D eigenvalue weighted by atomic mass is 32.2. The highest BCUT2D eigenvalue weighted by Crippen LogP contribution is 2.41. The van der Waals surface area contributed by atoms with E-state index in [4.69, 9.17) is 9.98 Å². The van der Waals surface area contributed by atoms with Gasteiger partial charge >= 0.3 is 0 Å². The van der Waals surface area contributed by atoms with E-state index in [2.05, 4.69) is 23.6 Å². The van der Waals surface area contributed by atoms with Crippen LogP contribution in [0.3, 0.4) is 0 Å². The molecule has 166 valence electrons. The molecule has 2 aliphatic rings. The summed E-state index contributed by atoms with van der Waals surface area (Å²) in [7, 11) is 0. The average molecular weight is 451 g/mol. The Morgan fingerprint density at radius 1 is 1.19 bits per heavy atom. The van der Waals surface area contributed by atoms with E-state index in [0.29, 0.717) is 0 Å². The van der Waals surface area contributed by atoms with Crippen molar-refractivity contribution in [2.45, 2.75) is 56.9 Å². The molecule has 1 saturated heterocycles. The lowest BCUT2D eigenvalue weighted by Crippen LogP contribution is -2.49. The first-order valence-electron chi connectivity index (χ1n) is 11.2. The van der Waals surface area contributed by atoms with E-state index in [1.165, 1.54) is 12.1 Å². The molecule has 2 aliphatic heterocycles. The number of nitrogens with zero attached hydrogens (tertiary/aromatic N) is 4. The van der Waals surface area contributed by atoms with Gasteiger partial charge in [-0.1, -0.05) is 18.2 Å². The number of imidazole rings is 1. The van der Waals surface area contributed by atoms with Crippen molar-refractivity contribution in [3.8, 4) is 0 Å². The lowest BCUT2D eigenvalue weighted by molar-refractivity contribution is -0.136. The fourth-order valence-electron chi connectivity index (χ4n) is 4.85. The SMILES string of the molecule is CC1=NC(C(=O)N2CCCC[C@H]2Cc2cn3cccc(C)c3n2)C(c2ccc(F)cc2)S1. The van der Waals surface area contributed by atoms with Gasteiger partial charge in [0.25, 0.3) is 0 Å². The molecule has 5 nitrogen and oxygen atoms in total. The standard InChI is InChI=1S/C25H27FN4OS/c1-16-6-5-12-29-15-20(28-24(16)29)14-21-7-3-4-13-30(21)25(31)22-23(32-17(2)27-22)18-8-10-19(26)11-9-18/h5-6,8-12,15,21-23H,3-4,7,13-14H2,1-2H3/t21-,22?,23?/m0/s1. The number of pyridine rings is 1. The van der Waals surface area contributed by atoms with Crippen molar-refractivity contribution < 1.29 is 9.18 Å². The Labute approximate surface area is 191 Å². The summed E-state index contributed by atoms with van der Waals surface area (Å²) < 4.78 is 15.5. The third-order valence-electron chi connectivity index (χ3n) is 6.44. The van der Waals surface area contributed by atoms with E-state index < -0.39 is 6.04 Å². The quantitative estimate of drug-likeness (QED) is 0.563. The number of aryl methyl sites for hydroxylation is 1. The van der Waals surface area contributed by atoms with Gasteiger partial charge in [-0.15, -0.1) is 11.8 Å². The number of aliphatic imine (C=N–C) groups is 1. The molecule has 0 spiro atoms. The minimum atomic E-state index is -0.464. The van der Waals surface area contributed by atoms with Crippen molar-refractivity contribution >= 4 is 28.4 Å². The zero-order chi connectivity index (χ0) is 22.2. The van der Waals surface area contributed by atoms with Crippen LogP contribution in [0.4, 0.5) is 4.39 Å². The van der Waals surface area contributed by atoms with E-state index in [-0.39, 0.29) is 23.0 Å². The molecule has 32 heavy (non-hydrogen) atoms. The van der Waals surface area contributed by atoms with Crippen LogP contribution in [0, 0.1) is 12.7 Å². The number of rotatable bonds is 4. The molecule has 5 rings (SSSR count). The van der Waals surface area contributed by atoms with Gasteiger partial charge in [0.1, 0.15) is 17.5 Å². The number of hydrogen-bond acceptors (Lipinski definition) is 4. The molecule has 0 aliphatic carbocycles. The predicted molar refractivity (Wildman–Crippen MR) is 127 cm³/mol. The molecule has 1 aromatic carbocycles. The number of carbonyl (C=O) groups is 1. The summed E-state index contributed by atoms with van der Waals surface area (Å²) in [5.41, 5.74) is 4.07. The number of amides is 1. The summed E-state index contributed by atoms with van der Waals surface area (Å²) in [6.45, 7) is 4.76. The first-order chi connectivity index (χ1) is 15.5. The molecule has 1 fully saturated rings. The maximum Gasteiger partial charge on any atom is 0.249 e. The summed E-state index contributed by atoms with van der Waals surface area (Å²) >= 11 is 1.60. The fraction of sp³-hybridized carbons (Fsp3) is 0.400. The Hall–Kier alpha value is -2.67. The van der Waals surface area contributed by atoms with Gasteiger partial charge < -0.3 is 9.30 Å². The molecule has 3 aromatic rings. The Kier molecular flexibility index (Phi) is 5.76. The van der Waals surface area contributed by atoms with Crippen LogP contribution in [0.1, 0.15) is 48.3 Å². The molecule has 3 atom stereocenters. The molecular weight excluding hydrogens is 423 g/mol.